The van der Waals surface area contributed by atoms with E-state index in [1.807, 2.05) is 6.07 Å². The Morgan fingerprint density at radius 2 is 1.94 bits per heavy atom. The molecule has 0 radical (unpaired) electrons. The lowest BCUT2D eigenvalue weighted by Gasteiger charge is -2.07. The average Bonchev–Trinajstić information content (AvgIpc) is 2.36. The molecule has 0 aliphatic carbocycles. The second-order valence-corrected chi connectivity index (χ2v) is 3.16. The lowest BCUT2D eigenvalue weighted by molar-refractivity contribution is -0.136. The molecule has 0 heterocycles. The quantitative estimate of drug-likeness (QED) is 0.640. The van der Waals surface area contributed by atoms with Gasteiger partial charge in [-0.05, 0) is 12.1 Å². The molecule has 1 amide bonds. The molecular weight excluding hydrogens is 222 g/mol. The van der Waals surface area contributed by atoms with Crippen LogP contribution in [0.4, 0.5) is 10.5 Å². The maximum Gasteiger partial charge on any atom is 0.411 e. The van der Waals surface area contributed by atoms with E-state index in [-0.39, 0.29) is 12.2 Å². The van der Waals surface area contributed by atoms with Crippen LogP contribution < -0.4 is 5.32 Å². The van der Waals surface area contributed by atoms with E-state index in [0.717, 1.165) is 0 Å². The third kappa shape index (κ3) is 4.38. The molecule has 1 N–H and O–H groups in total. The van der Waals surface area contributed by atoms with Crippen LogP contribution in [0.3, 0.4) is 0 Å². The van der Waals surface area contributed by atoms with Gasteiger partial charge in [0.25, 0.3) is 0 Å². The summed E-state index contributed by atoms with van der Waals surface area (Å²) < 4.78 is 9.19. The summed E-state index contributed by atoms with van der Waals surface area (Å²) in [5.41, 5.74) is 0.692. The molecule has 0 unspecified atom stereocenters. The van der Waals surface area contributed by atoms with Crippen molar-refractivity contribution in [1.29, 1.82) is 0 Å². The molecule has 5 nitrogen and oxygen atoms in total. The van der Waals surface area contributed by atoms with E-state index in [1.165, 1.54) is 7.11 Å². The molecule has 1 aromatic rings. The largest absolute Gasteiger partial charge is 0.466 e. The van der Waals surface area contributed by atoms with Gasteiger partial charge in [0.1, 0.15) is 6.61 Å². The first kappa shape index (κ1) is 12.8. The summed E-state index contributed by atoms with van der Waals surface area (Å²) in [6.45, 7) is 3.22. The van der Waals surface area contributed by atoms with E-state index in [0.29, 0.717) is 5.69 Å². The maximum atomic E-state index is 11.3. The van der Waals surface area contributed by atoms with E-state index in [2.05, 4.69) is 16.6 Å². The van der Waals surface area contributed by atoms with Crippen molar-refractivity contribution in [1.82, 2.24) is 0 Å². The van der Waals surface area contributed by atoms with Crippen LogP contribution in [0.2, 0.25) is 0 Å². The van der Waals surface area contributed by atoms with Crippen molar-refractivity contribution in [3.63, 3.8) is 0 Å². The minimum absolute atomic E-state index is 0.0794. The van der Waals surface area contributed by atoms with Gasteiger partial charge in [-0.3, -0.25) is 5.32 Å². The zero-order valence-electron chi connectivity index (χ0n) is 9.43. The van der Waals surface area contributed by atoms with Crippen LogP contribution in [0.25, 0.3) is 0 Å². The molecule has 90 valence electrons. The van der Waals surface area contributed by atoms with E-state index in [1.54, 1.807) is 24.3 Å². The Morgan fingerprint density at radius 1 is 1.29 bits per heavy atom. The lowest BCUT2D eigenvalue weighted by atomic mass is 10.3. The molecule has 0 fully saturated rings. The fraction of sp³-hybridized carbons (Fsp3) is 0.167. The Hall–Kier alpha value is -2.30. The molecule has 5 heteroatoms. The summed E-state index contributed by atoms with van der Waals surface area (Å²) in [5.74, 6) is -0.600. The minimum Gasteiger partial charge on any atom is -0.466 e. The average molecular weight is 235 g/mol. The number of hydrogen-bond donors (Lipinski definition) is 1. The van der Waals surface area contributed by atoms with Crippen LogP contribution in [0.15, 0.2) is 42.5 Å². The third-order valence-corrected chi connectivity index (χ3v) is 1.87. The van der Waals surface area contributed by atoms with E-state index >= 15 is 0 Å². The predicted octanol–water partition coefficient (Wildman–Crippen LogP) is 1.96. The van der Waals surface area contributed by atoms with Gasteiger partial charge < -0.3 is 9.47 Å². The zero-order valence-corrected chi connectivity index (χ0v) is 9.43. The van der Waals surface area contributed by atoms with Crippen molar-refractivity contribution in [3.8, 4) is 0 Å². The number of carbonyl (C=O) groups excluding carboxylic acids is 2. The van der Waals surface area contributed by atoms with Crippen molar-refractivity contribution in [2.75, 3.05) is 19.0 Å². The zero-order chi connectivity index (χ0) is 12.7. The first-order valence-electron chi connectivity index (χ1n) is 4.88. The van der Waals surface area contributed by atoms with Crippen LogP contribution >= 0.6 is 0 Å². The molecule has 0 aromatic heterocycles. The van der Waals surface area contributed by atoms with Crippen LogP contribution in [0.1, 0.15) is 0 Å². The second kappa shape index (κ2) is 6.32. The number of carbonyl (C=O) groups is 2. The molecule has 1 aromatic carbocycles. The molecule has 0 saturated carbocycles. The molecule has 0 aliphatic heterocycles. The van der Waals surface area contributed by atoms with E-state index < -0.39 is 12.1 Å². The number of nitrogens with one attached hydrogen (secondary N) is 1. The molecule has 0 spiro atoms. The summed E-state index contributed by atoms with van der Waals surface area (Å²) in [4.78, 5) is 22.3. The van der Waals surface area contributed by atoms with Crippen molar-refractivity contribution in [2.24, 2.45) is 0 Å². The Balaban J connectivity index is 2.36. The number of benzene rings is 1. The van der Waals surface area contributed by atoms with Crippen molar-refractivity contribution in [2.45, 2.75) is 0 Å². The molecule has 0 saturated heterocycles. The van der Waals surface area contributed by atoms with Crippen LogP contribution in [-0.2, 0) is 14.3 Å². The first-order chi connectivity index (χ1) is 8.13. The highest BCUT2D eigenvalue weighted by Crippen LogP contribution is 2.05. The number of ether oxygens (including phenoxy) is 2. The predicted molar refractivity (Wildman–Crippen MR) is 62.6 cm³/mol. The molecular formula is C12H13NO4. The first-order valence-corrected chi connectivity index (χ1v) is 4.88. The maximum absolute atomic E-state index is 11.3. The van der Waals surface area contributed by atoms with Crippen molar-refractivity contribution < 1.29 is 19.1 Å². The van der Waals surface area contributed by atoms with Crippen molar-refractivity contribution >= 4 is 17.7 Å². The lowest BCUT2D eigenvalue weighted by Crippen LogP contribution is -2.17. The van der Waals surface area contributed by atoms with Gasteiger partial charge in [0.2, 0.25) is 0 Å². The van der Waals surface area contributed by atoms with Crippen LogP contribution in [-0.4, -0.2) is 25.8 Å². The fourth-order valence-electron chi connectivity index (χ4n) is 1.03. The number of hydrogen-bond acceptors (Lipinski definition) is 4. The fourth-order valence-corrected chi connectivity index (χ4v) is 1.03. The summed E-state index contributed by atoms with van der Waals surface area (Å²) in [6.07, 6.45) is -0.652. The molecule has 0 aliphatic rings. The molecule has 1 rings (SSSR count). The van der Waals surface area contributed by atoms with Gasteiger partial charge in [-0.15, -0.1) is 0 Å². The topological polar surface area (TPSA) is 64.6 Å². The Kier molecular flexibility index (Phi) is 4.75. The van der Waals surface area contributed by atoms with Gasteiger partial charge in [0.15, 0.2) is 0 Å². The Morgan fingerprint density at radius 3 is 2.53 bits per heavy atom. The summed E-state index contributed by atoms with van der Waals surface area (Å²) >= 11 is 0. The number of esters is 1. The molecule has 0 bridgehead atoms. The summed E-state index contributed by atoms with van der Waals surface area (Å²) in [7, 11) is 1.23. The monoisotopic (exact) mass is 235 g/mol. The Bertz CT molecular complexity index is 414. The smallest absolute Gasteiger partial charge is 0.411 e. The van der Waals surface area contributed by atoms with Gasteiger partial charge in [-0.25, -0.2) is 9.59 Å². The normalized spacial score (nSPS) is 9.24. The number of rotatable bonds is 4. The number of amides is 1. The van der Waals surface area contributed by atoms with E-state index in [4.69, 9.17) is 4.74 Å². The summed E-state index contributed by atoms with van der Waals surface area (Å²) in [6, 6.07) is 8.83. The van der Waals surface area contributed by atoms with Gasteiger partial charge in [0.05, 0.1) is 12.7 Å². The van der Waals surface area contributed by atoms with Gasteiger partial charge in [-0.1, -0.05) is 24.8 Å². The highest BCUT2D eigenvalue weighted by molar-refractivity contribution is 5.89. The van der Waals surface area contributed by atoms with Gasteiger partial charge >= 0.3 is 12.1 Å². The SMILES string of the molecule is C=C(COC(=O)Nc1ccccc1)C(=O)OC. The van der Waals surface area contributed by atoms with Gasteiger partial charge in [-0.2, -0.15) is 0 Å². The van der Waals surface area contributed by atoms with Crippen molar-refractivity contribution in [3.05, 3.63) is 42.5 Å². The molecule has 0 atom stereocenters. The highest BCUT2D eigenvalue weighted by atomic mass is 16.6. The van der Waals surface area contributed by atoms with Gasteiger partial charge in [0, 0.05) is 5.69 Å². The highest BCUT2D eigenvalue weighted by Gasteiger charge is 2.09. The van der Waals surface area contributed by atoms with Crippen LogP contribution in [0.5, 0.6) is 0 Å². The van der Waals surface area contributed by atoms with Crippen LogP contribution in [0, 0.1) is 0 Å². The van der Waals surface area contributed by atoms with E-state index in [9.17, 15) is 9.59 Å². The standard InChI is InChI=1S/C12H13NO4/c1-9(11(14)16-2)8-17-12(15)13-10-6-4-3-5-7-10/h3-7H,1,8H2,2H3,(H,13,15). The Labute approximate surface area is 99.0 Å². The third-order valence-electron chi connectivity index (χ3n) is 1.87. The summed E-state index contributed by atoms with van der Waals surface area (Å²) in [5, 5.41) is 2.50. The number of anilines is 1. The minimum atomic E-state index is -0.652. The number of methoxy groups -OCH3 is 1. The second-order valence-electron chi connectivity index (χ2n) is 3.16. The molecule has 17 heavy (non-hydrogen) atoms. The number of para-hydroxylation sites is 1.